The standard InChI is InChI=1S/C11H24BrNO/c1-4-11(9-12)10-13(5-2)7-8-14-6-3/h11H,4-10H2,1-3H3. The molecule has 0 amide bonds. The first kappa shape index (κ1) is 14.4. The van der Waals surface area contributed by atoms with Gasteiger partial charge in [0.2, 0.25) is 0 Å². The molecular weight excluding hydrogens is 242 g/mol. The monoisotopic (exact) mass is 265 g/mol. The lowest BCUT2D eigenvalue weighted by Crippen LogP contribution is -2.32. The van der Waals surface area contributed by atoms with Gasteiger partial charge in [0.15, 0.2) is 0 Å². The summed E-state index contributed by atoms with van der Waals surface area (Å²) < 4.78 is 5.36. The van der Waals surface area contributed by atoms with Crippen molar-refractivity contribution in [3.8, 4) is 0 Å². The predicted molar refractivity (Wildman–Crippen MR) is 66.2 cm³/mol. The lowest BCUT2D eigenvalue weighted by molar-refractivity contribution is 0.110. The third kappa shape index (κ3) is 6.80. The molecular formula is C11H24BrNO. The Kier molecular flexibility index (Phi) is 10.2. The number of alkyl halides is 1. The molecule has 86 valence electrons. The van der Waals surface area contributed by atoms with Crippen molar-refractivity contribution in [2.24, 2.45) is 5.92 Å². The molecule has 2 nitrogen and oxygen atoms in total. The van der Waals surface area contributed by atoms with Crippen LogP contribution in [0.25, 0.3) is 0 Å². The van der Waals surface area contributed by atoms with Crippen molar-refractivity contribution in [2.45, 2.75) is 27.2 Å². The van der Waals surface area contributed by atoms with Crippen LogP contribution in [0.2, 0.25) is 0 Å². The average Bonchev–Trinajstić information content (AvgIpc) is 2.23. The zero-order valence-electron chi connectivity index (χ0n) is 9.76. The summed E-state index contributed by atoms with van der Waals surface area (Å²) in [5, 5.41) is 1.11. The number of nitrogens with zero attached hydrogens (tertiary/aromatic N) is 1. The molecule has 0 saturated heterocycles. The molecule has 0 aliphatic rings. The summed E-state index contributed by atoms with van der Waals surface area (Å²) >= 11 is 3.56. The summed E-state index contributed by atoms with van der Waals surface area (Å²) in [4.78, 5) is 2.46. The highest BCUT2D eigenvalue weighted by atomic mass is 79.9. The van der Waals surface area contributed by atoms with Gasteiger partial charge in [-0.1, -0.05) is 36.2 Å². The highest BCUT2D eigenvalue weighted by molar-refractivity contribution is 9.09. The molecule has 0 rings (SSSR count). The Labute approximate surface area is 97.1 Å². The van der Waals surface area contributed by atoms with Crippen LogP contribution in [0, 0.1) is 5.92 Å². The fraction of sp³-hybridized carbons (Fsp3) is 1.00. The molecule has 0 aromatic rings. The van der Waals surface area contributed by atoms with Crippen molar-refractivity contribution < 1.29 is 4.74 Å². The van der Waals surface area contributed by atoms with Gasteiger partial charge in [0.1, 0.15) is 0 Å². The predicted octanol–water partition coefficient (Wildman–Crippen LogP) is 2.77. The number of hydrogen-bond donors (Lipinski definition) is 0. The molecule has 0 fully saturated rings. The fourth-order valence-electron chi connectivity index (χ4n) is 1.37. The first-order valence-electron chi connectivity index (χ1n) is 5.64. The van der Waals surface area contributed by atoms with Gasteiger partial charge in [0.05, 0.1) is 6.61 Å². The second kappa shape index (κ2) is 9.94. The smallest absolute Gasteiger partial charge is 0.0593 e. The van der Waals surface area contributed by atoms with E-state index >= 15 is 0 Å². The topological polar surface area (TPSA) is 12.5 Å². The Hall–Kier alpha value is 0.400. The van der Waals surface area contributed by atoms with Crippen molar-refractivity contribution in [1.29, 1.82) is 0 Å². The van der Waals surface area contributed by atoms with Crippen LogP contribution in [0.3, 0.4) is 0 Å². The molecule has 14 heavy (non-hydrogen) atoms. The van der Waals surface area contributed by atoms with Crippen molar-refractivity contribution >= 4 is 15.9 Å². The van der Waals surface area contributed by atoms with Crippen molar-refractivity contribution in [3.63, 3.8) is 0 Å². The van der Waals surface area contributed by atoms with E-state index < -0.39 is 0 Å². The first-order chi connectivity index (χ1) is 6.78. The molecule has 0 radical (unpaired) electrons. The third-order valence-electron chi connectivity index (χ3n) is 2.52. The Morgan fingerprint density at radius 3 is 2.43 bits per heavy atom. The van der Waals surface area contributed by atoms with Crippen LogP contribution in [0.5, 0.6) is 0 Å². The van der Waals surface area contributed by atoms with Gasteiger partial charge in [-0.05, 0) is 19.4 Å². The molecule has 1 unspecified atom stereocenters. The fourth-order valence-corrected chi connectivity index (χ4v) is 2.03. The Balaban J connectivity index is 3.65. The highest BCUT2D eigenvalue weighted by Crippen LogP contribution is 2.08. The molecule has 0 spiro atoms. The molecule has 0 aliphatic heterocycles. The minimum atomic E-state index is 0.775. The minimum Gasteiger partial charge on any atom is -0.380 e. The van der Waals surface area contributed by atoms with Crippen LogP contribution in [0.15, 0.2) is 0 Å². The zero-order valence-corrected chi connectivity index (χ0v) is 11.3. The number of halogens is 1. The second-order valence-electron chi connectivity index (χ2n) is 3.52. The van der Waals surface area contributed by atoms with Crippen molar-refractivity contribution in [3.05, 3.63) is 0 Å². The van der Waals surface area contributed by atoms with Crippen LogP contribution in [0.1, 0.15) is 27.2 Å². The van der Waals surface area contributed by atoms with Crippen molar-refractivity contribution in [2.75, 3.05) is 38.2 Å². The molecule has 0 aliphatic carbocycles. The number of hydrogen-bond acceptors (Lipinski definition) is 2. The lowest BCUT2D eigenvalue weighted by Gasteiger charge is -2.24. The summed E-state index contributed by atoms with van der Waals surface area (Å²) in [6.07, 6.45) is 1.25. The van der Waals surface area contributed by atoms with E-state index in [0.29, 0.717) is 0 Å². The number of rotatable bonds is 9. The van der Waals surface area contributed by atoms with Crippen LogP contribution in [0.4, 0.5) is 0 Å². The molecule has 0 aromatic heterocycles. The van der Waals surface area contributed by atoms with E-state index in [-0.39, 0.29) is 0 Å². The molecule has 0 bridgehead atoms. The van der Waals surface area contributed by atoms with Crippen LogP contribution in [-0.4, -0.2) is 43.1 Å². The summed E-state index contributed by atoms with van der Waals surface area (Å²) in [5.41, 5.74) is 0. The van der Waals surface area contributed by atoms with Crippen LogP contribution < -0.4 is 0 Å². The molecule has 0 N–H and O–H groups in total. The van der Waals surface area contributed by atoms with Gasteiger partial charge in [-0.2, -0.15) is 0 Å². The van der Waals surface area contributed by atoms with Gasteiger partial charge in [-0.15, -0.1) is 0 Å². The van der Waals surface area contributed by atoms with E-state index in [2.05, 4.69) is 34.7 Å². The summed E-state index contributed by atoms with van der Waals surface area (Å²) in [7, 11) is 0. The van der Waals surface area contributed by atoms with Gasteiger partial charge >= 0.3 is 0 Å². The maximum absolute atomic E-state index is 5.36. The SMILES string of the molecule is CCOCCN(CC)CC(CC)CBr. The van der Waals surface area contributed by atoms with E-state index in [1.54, 1.807) is 0 Å². The van der Waals surface area contributed by atoms with Gasteiger partial charge in [0.25, 0.3) is 0 Å². The second-order valence-corrected chi connectivity index (χ2v) is 4.17. The third-order valence-corrected chi connectivity index (χ3v) is 3.43. The molecule has 1 atom stereocenters. The van der Waals surface area contributed by atoms with E-state index in [1.807, 2.05) is 6.92 Å². The molecule has 0 heterocycles. The largest absolute Gasteiger partial charge is 0.380 e. The Morgan fingerprint density at radius 2 is 2.00 bits per heavy atom. The van der Waals surface area contributed by atoms with Crippen LogP contribution in [-0.2, 0) is 4.74 Å². The van der Waals surface area contributed by atoms with Crippen LogP contribution >= 0.6 is 15.9 Å². The van der Waals surface area contributed by atoms with Gasteiger partial charge in [-0.3, -0.25) is 0 Å². The Bertz CT molecular complexity index is 118. The number of likely N-dealkylation sites (N-methyl/N-ethyl adjacent to an activating group) is 1. The number of ether oxygens (including phenoxy) is 1. The highest BCUT2D eigenvalue weighted by Gasteiger charge is 2.09. The molecule has 0 aromatic carbocycles. The van der Waals surface area contributed by atoms with E-state index in [9.17, 15) is 0 Å². The normalized spacial score (nSPS) is 13.5. The van der Waals surface area contributed by atoms with Gasteiger partial charge in [0, 0.05) is 25.0 Å². The summed E-state index contributed by atoms with van der Waals surface area (Å²) in [5.74, 6) is 0.775. The van der Waals surface area contributed by atoms with E-state index in [0.717, 1.165) is 37.6 Å². The molecule has 0 saturated carbocycles. The average molecular weight is 266 g/mol. The van der Waals surface area contributed by atoms with Gasteiger partial charge in [-0.25, -0.2) is 0 Å². The van der Waals surface area contributed by atoms with Gasteiger partial charge < -0.3 is 9.64 Å². The summed E-state index contributed by atoms with van der Waals surface area (Å²) in [6.45, 7) is 11.6. The summed E-state index contributed by atoms with van der Waals surface area (Å²) in [6, 6.07) is 0. The quantitative estimate of drug-likeness (QED) is 0.470. The maximum Gasteiger partial charge on any atom is 0.0593 e. The minimum absolute atomic E-state index is 0.775. The maximum atomic E-state index is 5.36. The zero-order chi connectivity index (χ0) is 10.8. The lowest BCUT2D eigenvalue weighted by atomic mass is 10.1. The van der Waals surface area contributed by atoms with E-state index in [4.69, 9.17) is 4.74 Å². The first-order valence-corrected chi connectivity index (χ1v) is 6.76. The van der Waals surface area contributed by atoms with Crippen molar-refractivity contribution in [1.82, 2.24) is 4.90 Å². The Morgan fingerprint density at radius 1 is 1.29 bits per heavy atom. The van der Waals surface area contributed by atoms with E-state index in [1.165, 1.54) is 13.0 Å². The molecule has 3 heteroatoms.